The highest BCUT2D eigenvalue weighted by Crippen LogP contribution is 2.36. The van der Waals surface area contributed by atoms with Crippen LogP contribution < -0.4 is 20.4 Å². The molecular weight excluding hydrogens is 765 g/mol. The van der Waals surface area contributed by atoms with Crippen molar-refractivity contribution in [1.29, 1.82) is 5.26 Å². The second-order valence-electron chi connectivity index (χ2n) is 16.3. The molecule has 4 aliphatic heterocycles. The molecule has 5 aromatic rings. The Morgan fingerprint density at radius 1 is 0.983 bits per heavy atom. The number of carbonyl (C=O) groups excluding carboxylic acids is 4. The van der Waals surface area contributed by atoms with Gasteiger partial charge < -0.3 is 20.2 Å². The number of amides is 5. The molecular formula is C41H41F2N11O5. The molecule has 304 valence electrons. The summed E-state index contributed by atoms with van der Waals surface area (Å²) in [5.74, 6) is -3.00. The van der Waals surface area contributed by atoms with E-state index in [1.54, 1.807) is 43.0 Å². The third-order valence-corrected chi connectivity index (χ3v) is 11.9. The van der Waals surface area contributed by atoms with Gasteiger partial charge in [-0.2, -0.15) is 15.5 Å². The fraction of sp³-hybridized carbons (Fsp3) is 0.390. The number of benzene rings is 2. The zero-order chi connectivity index (χ0) is 41.3. The van der Waals surface area contributed by atoms with Crippen molar-refractivity contribution in [2.45, 2.75) is 50.8 Å². The number of anilines is 3. The van der Waals surface area contributed by atoms with Gasteiger partial charge in [0.25, 0.3) is 5.91 Å². The van der Waals surface area contributed by atoms with Crippen LogP contribution in [0.5, 0.6) is 0 Å². The first kappa shape index (κ1) is 38.1. The molecule has 9 rings (SSSR count). The SMILES string of the molecule is CC(C)(O)c1cc2nn(C3CCN(C4CN(C(=O)C5CN(c6cc(F)c(N7CCC(=O)NC7=O)c(F)c6)C5)C4)CC3)cc2cc1NC(=O)c1ccc2cc(C#N)cnn12. The predicted octanol–water partition coefficient (Wildman–Crippen LogP) is 3.74. The molecule has 0 bridgehead atoms. The molecule has 4 saturated heterocycles. The fourth-order valence-corrected chi connectivity index (χ4v) is 8.56. The van der Waals surface area contributed by atoms with Gasteiger partial charge in [-0.3, -0.25) is 34.2 Å². The highest BCUT2D eigenvalue weighted by molar-refractivity contribution is 6.06. The van der Waals surface area contributed by atoms with E-state index in [2.05, 4.69) is 20.6 Å². The zero-order valence-electron chi connectivity index (χ0n) is 32.4. The number of nitriles is 1. The molecule has 3 aromatic heterocycles. The largest absolute Gasteiger partial charge is 0.386 e. The quantitative estimate of drug-likeness (QED) is 0.209. The summed E-state index contributed by atoms with van der Waals surface area (Å²) in [6.07, 6.45) is 5.02. The normalized spacial score (nSPS) is 18.5. The summed E-state index contributed by atoms with van der Waals surface area (Å²) < 4.78 is 33.5. The summed E-state index contributed by atoms with van der Waals surface area (Å²) in [6, 6.07) is 12.5. The molecule has 16 nitrogen and oxygen atoms in total. The van der Waals surface area contributed by atoms with E-state index in [1.807, 2.05) is 27.9 Å². The van der Waals surface area contributed by atoms with Gasteiger partial charge in [0.15, 0.2) is 11.6 Å². The maximum Gasteiger partial charge on any atom is 0.328 e. The standard InChI is InChI=1S/C41H41F2N11O5/c1-41(2,59)30-15-33-24(12-34(30)46-38(56)35-4-3-27-11-23(16-44)17-45-54(27)35)20-53(48-33)26-5-8-49(9-6-26)29-21-51(22-29)39(57)25-18-50(19-25)28-13-31(42)37(32(43)14-28)52-10-7-36(55)47-40(52)58/h3-4,11-15,17,20,25-26,29,59H,5-10,18-19,21-22H2,1-2H3,(H,46,56)(H,47,55,58). The Labute approximate surface area is 336 Å². The lowest BCUT2D eigenvalue weighted by Crippen LogP contribution is -2.65. The first-order chi connectivity index (χ1) is 28.2. The van der Waals surface area contributed by atoms with Crippen LogP contribution in [-0.2, 0) is 15.2 Å². The van der Waals surface area contributed by atoms with Gasteiger partial charge >= 0.3 is 6.03 Å². The third-order valence-electron chi connectivity index (χ3n) is 11.9. The average molecular weight is 806 g/mol. The van der Waals surface area contributed by atoms with Crippen LogP contribution in [0.1, 0.15) is 60.8 Å². The third kappa shape index (κ3) is 6.99. The van der Waals surface area contributed by atoms with Crippen LogP contribution in [0, 0.1) is 28.9 Å². The highest BCUT2D eigenvalue weighted by Gasteiger charge is 2.43. The summed E-state index contributed by atoms with van der Waals surface area (Å²) in [5.41, 5.74) is 1.44. The predicted molar refractivity (Wildman–Crippen MR) is 211 cm³/mol. The molecule has 59 heavy (non-hydrogen) atoms. The second kappa shape index (κ2) is 14.4. The number of fused-ring (bicyclic) bond motifs is 2. The zero-order valence-corrected chi connectivity index (χ0v) is 32.4. The fourth-order valence-electron chi connectivity index (χ4n) is 8.56. The Bertz CT molecular complexity index is 2570. The Balaban J connectivity index is 0.785. The summed E-state index contributed by atoms with van der Waals surface area (Å²) in [5, 5.41) is 35.3. The van der Waals surface area contributed by atoms with Gasteiger partial charge in [-0.15, -0.1) is 0 Å². The van der Waals surface area contributed by atoms with E-state index in [1.165, 1.54) is 10.7 Å². The van der Waals surface area contributed by atoms with E-state index in [4.69, 9.17) is 5.10 Å². The average Bonchev–Trinajstić information content (AvgIpc) is 3.78. The topological polar surface area (TPSA) is 184 Å². The van der Waals surface area contributed by atoms with Gasteiger partial charge in [-0.25, -0.2) is 18.1 Å². The minimum atomic E-state index is -1.28. The van der Waals surface area contributed by atoms with Crippen molar-refractivity contribution in [3.8, 4) is 6.07 Å². The first-order valence-corrected chi connectivity index (χ1v) is 19.6. The van der Waals surface area contributed by atoms with Crippen molar-refractivity contribution >= 4 is 57.2 Å². The molecule has 0 saturated carbocycles. The van der Waals surface area contributed by atoms with Crippen molar-refractivity contribution in [1.82, 2.24) is 34.5 Å². The molecule has 2 aromatic carbocycles. The van der Waals surface area contributed by atoms with Crippen molar-refractivity contribution in [2.75, 3.05) is 60.9 Å². The van der Waals surface area contributed by atoms with Crippen molar-refractivity contribution in [3.63, 3.8) is 0 Å². The van der Waals surface area contributed by atoms with E-state index >= 15 is 8.78 Å². The number of hydrogen-bond donors (Lipinski definition) is 3. The monoisotopic (exact) mass is 805 g/mol. The number of nitrogens with one attached hydrogen (secondary N) is 2. The van der Waals surface area contributed by atoms with E-state index in [9.17, 15) is 29.5 Å². The Kier molecular flexibility index (Phi) is 9.31. The minimum absolute atomic E-state index is 0.0246. The molecule has 0 unspecified atom stereocenters. The lowest BCUT2D eigenvalue weighted by molar-refractivity contribution is -0.144. The Morgan fingerprint density at radius 3 is 2.39 bits per heavy atom. The number of hydrogen-bond acceptors (Lipinski definition) is 10. The first-order valence-electron chi connectivity index (χ1n) is 19.6. The molecule has 0 radical (unpaired) electrons. The van der Waals surface area contributed by atoms with Crippen LogP contribution in [0.3, 0.4) is 0 Å². The maximum atomic E-state index is 15.0. The minimum Gasteiger partial charge on any atom is -0.386 e. The van der Waals surface area contributed by atoms with Crippen LogP contribution in [0.25, 0.3) is 16.4 Å². The van der Waals surface area contributed by atoms with Crippen LogP contribution in [0.2, 0.25) is 0 Å². The number of aromatic nitrogens is 4. The van der Waals surface area contributed by atoms with Crippen LogP contribution in [0.15, 0.2) is 54.9 Å². The van der Waals surface area contributed by atoms with E-state index in [0.29, 0.717) is 54.0 Å². The molecule has 4 fully saturated rings. The van der Waals surface area contributed by atoms with Crippen LogP contribution >= 0.6 is 0 Å². The van der Waals surface area contributed by atoms with Gasteiger partial charge in [-0.1, -0.05) is 0 Å². The molecule has 4 aliphatic rings. The van der Waals surface area contributed by atoms with Crippen LogP contribution in [-0.4, -0.2) is 110 Å². The van der Waals surface area contributed by atoms with Gasteiger partial charge in [0.05, 0.1) is 40.4 Å². The molecule has 7 heterocycles. The molecule has 0 spiro atoms. The number of halogens is 2. The lowest BCUT2D eigenvalue weighted by Gasteiger charge is -2.50. The molecule has 0 atom stereocenters. The van der Waals surface area contributed by atoms with Gasteiger partial charge in [-0.05, 0) is 69.2 Å². The number of urea groups is 1. The Hall–Kier alpha value is -6.45. The number of likely N-dealkylation sites (tertiary alicyclic amines) is 2. The summed E-state index contributed by atoms with van der Waals surface area (Å²) >= 11 is 0. The van der Waals surface area contributed by atoms with Gasteiger partial charge in [0, 0.05) is 86.8 Å². The van der Waals surface area contributed by atoms with E-state index < -0.39 is 40.8 Å². The van der Waals surface area contributed by atoms with Crippen molar-refractivity contribution < 1.29 is 33.1 Å². The number of imide groups is 1. The molecule has 5 amide bonds. The van der Waals surface area contributed by atoms with Crippen LogP contribution in [0.4, 0.5) is 30.6 Å². The lowest BCUT2D eigenvalue weighted by atomic mass is 9.93. The number of nitrogens with zero attached hydrogens (tertiary/aromatic N) is 9. The maximum absolute atomic E-state index is 15.0. The Morgan fingerprint density at radius 2 is 1.71 bits per heavy atom. The molecule has 18 heteroatoms. The smallest absolute Gasteiger partial charge is 0.328 e. The molecule has 3 N–H and O–H groups in total. The number of aliphatic hydroxyl groups is 1. The van der Waals surface area contributed by atoms with Gasteiger partial charge in [0.2, 0.25) is 11.8 Å². The second-order valence-corrected chi connectivity index (χ2v) is 16.3. The van der Waals surface area contributed by atoms with E-state index in [-0.39, 0.29) is 48.3 Å². The van der Waals surface area contributed by atoms with Crippen molar-refractivity contribution in [3.05, 3.63) is 83.3 Å². The van der Waals surface area contributed by atoms with Gasteiger partial charge in [0.1, 0.15) is 17.5 Å². The molecule has 0 aliphatic carbocycles. The van der Waals surface area contributed by atoms with Crippen molar-refractivity contribution in [2.24, 2.45) is 5.92 Å². The van der Waals surface area contributed by atoms with E-state index in [0.717, 1.165) is 48.4 Å². The summed E-state index contributed by atoms with van der Waals surface area (Å²) in [4.78, 5) is 57.2. The summed E-state index contributed by atoms with van der Waals surface area (Å²) in [7, 11) is 0. The highest BCUT2D eigenvalue weighted by atomic mass is 19.1. The number of carbonyl (C=O) groups is 4. The number of rotatable bonds is 8. The summed E-state index contributed by atoms with van der Waals surface area (Å²) in [6.45, 7) is 6.75. The number of piperidine rings is 1.